The third kappa shape index (κ3) is 2.75. The summed E-state index contributed by atoms with van der Waals surface area (Å²) >= 11 is 0. The zero-order valence-electron chi connectivity index (χ0n) is 12.0. The molecule has 0 unspecified atom stereocenters. The number of phenolic OH excluding ortho intramolecular Hbond substituents is 1. The van der Waals surface area contributed by atoms with Gasteiger partial charge in [-0.25, -0.2) is 4.79 Å². The van der Waals surface area contributed by atoms with Crippen LogP contribution in [0.2, 0.25) is 0 Å². The van der Waals surface area contributed by atoms with Crippen LogP contribution in [0.5, 0.6) is 11.5 Å². The number of methoxy groups -OCH3 is 1. The number of rotatable bonds is 3. The molecule has 0 bridgehead atoms. The molecule has 1 heterocycles. The minimum absolute atomic E-state index is 0.00832. The van der Waals surface area contributed by atoms with Crippen molar-refractivity contribution in [3.05, 3.63) is 41.0 Å². The van der Waals surface area contributed by atoms with Crippen LogP contribution in [0, 0.1) is 11.3 Å². The molecule has 0 saturated heterocycles. The zero-order chi connectivity index (χ0) is 15.6. The summed E-state index contributed by atoms with van der Waals surface area (Å²) in [4.78, 5) is 11.6. The highest BCUT2D eigenvalue weighted by Crippen LogP contribution is 2.34. The Hall–Kier alpha value is -2.74. The lowest BCUT2D eigenvalue weighted by molar-refractivity contribution is -0.144. The molecular weight excluding hydrogens is 270 g/mol. The largest absolute Gasteiger partial charge is 0.504 e. The molecular formula is C16H15NO4. The lowest BCUT2D eigenvalue weighted by Gasteiger charge is -2.18. The van der Waals surface area contributed by atoms with E-state index in [1.165, 1.54) is 13.2 Å². The van der Waals surface area contributed by atoms with Gasteiger partial charge in [0.2, 0.25) is 0 Å². The van der Waals surface area contributed by atoms with Gasteiger partial charge in [-0.05, 0) is 31.5 Å². The molecule has 0 aromatic heterocycles. The Morgan fingerprint density at radius 1 is 1.38 bits per heavy atom. The maximum atomic E-state index is 11.6. The van der Waals surface area contributed by atoms with E-state index in [4.69, 9.17) is 14.7 Å². The Morgan fingerprint density at radius 3 is 2.67 bits per heavy atom. The second-order valence-electron chi connectivity index (χ2n) is 5.06. The van der Waals surface area contributed by atoms with Crippen LogP contribution in [0.15, 0.2) is 35.4 Å². The zero-order valence-corrected chi connectivity index (χ0v) is 12.0. The maximum Gasteiger partial charge on any atom is 0.350 e. The van der Waals surface area contributed by atoms with Crippen LogP contribution in [0.4, 0.5) is 0 Å². The number of cyclic esters (lactones) is 1. The number of hydrogen-bond acceptors (Lipinski definition) is 5. The van der Waals surface area contributed by atoms with Crippen LogP contribution >= 0.6 is 0 Å². The van der Waals surface area contributed by atoms with Crippen molar-refractivity contribution in [1.29, 1.82) is 5.26 Å². The number of phenols is 1. The van der Waals surface area contributed by atoms with Crippen molar-refractivity contribution in [2.75, 3.05) is 7.11 Å². The average molecular weight is 285 g/mol. The molecule has 1 aromatic rings. The van der Waals surface area contributed by atoms with E-state index < -0.39 is 11.6 Å². The molecule has 1 aromatic carbocycles. The first-order chi connectivity index (χ1) is 9.89. The van der Waals surface area contributed by atoms with E-state index in [-0.39, 0.29) is 11.3 Å². The van der Waals surface area contributed by atoms with E-state index in [0.29, 0.717) is 16.9 Å². The Labute approximate surface area is 122 Å². The Morgan fingerprint density at radius 2 is 2.10 bits per heavy atom. The normalized spacial score (nSPS) is 17.0. The van der Waals surface area contributed by atoms with Crippen molar-refractivity contribution >= 4 is 12.0 Å². The summed E-state index contributed by atoms with van der Waals surface area (Å²) < 4.78 is 10.1. The smallest absolute Gasteiger partial charge is 0.350 e. The minimum atomic E-state index is -0.840. The number of aromatic hydroxyl groups is 1. The highest BCUT2D eigenvalue weighted by atomic mass is 16.6. The number of nitriles is 1. The Balaban J connectivity index is 2.36. The van der Waals surface area contributed by atoms with E-state index in [2.05, 4.69) is 0 Å². The van der Waals surface area contributed by atoms with Crippen molar-refractivity contribution in [1.82, 2.24) is 0 Å². The first kappa shape index (κ1) is 14.7. The summed E-state index contributed by atoms with van der Waals surface area (Å²) in [6.07, 6.45) is 3.36. The van der Waals surface area contributed by atoms with Crippen molar-refractivity contribution in [3.63, 3.8) is 0 Å². The molecule has 0 radical (unpaired) electrons. The van der Waals surface area contributed by atoms with Gasteiger partial charge in [0.25, 0.3) is 0 Å². The van der Waals surface area contributed by atoms with Crippen molar-refractivity contribution in [2.45, 2.75) is 19.4 Å². The van der Waals surface area contributed by atoms with Gasteiger partial charge in [-0.1, -0.05) is 18.2 Å². The molecule has 1 N–H and O–H groups in total. The molecule has 1 aliphatic heterocycles. The molecule has 108 valence electrons. The van der Waals surface area contributed by atoms with Gasteiger partial charge >= 0.3 is 5.97 Å². The monoisotopic (exact) mass is 285 g/mol. The second-order valence-corrected chi connectivity index (χ2v) is 5.06. The summed E-state index contributed by atoms with van der Waals surface area (Å²) in [7, 11) is 1.47. The predicted molar refractivity (Wildman–Crippen MR) is 76.5 cm³/mol. The maximum absolute atomic E-state index is 11.6. The molecule has 21 heavy (non-hydrogen) atoms. The van der Waals surface area contributed by atoms with Gasteiger partial charge in [0.05, 0.1) is 7.11 Å². The number of benzene rings is 1. The molecule has 0 atom stereocenters. The number of carbonyl (C=O) groups is 1. The number of nitrogens with zero attached hydrogens (tertiary/aromatic N) is 1. The van der Waals surface area contributed by atoms with Gasteiger partial charge < -0.3 is 14.6 Å². The molecule has 5 nitrogen and oxygen atoms in total. The van der Waals surface area contributed by atoms with Crippen LogP contribution in [-0.4, -0.2) is 23.8 Å². The fourth-order valence-corrected chi connectivity index (χ4v) is 2.13. The third-order valence-corrected chi connectivity index (χ3v) is 3.23. The first-order valence-corrected chi connectivity index (χ1v) is 6.32. The molecule has 0 fully saturated rings. The average Bonchev–Trinajstić information content (AvgIpc) is 2.64. The van der Waals surface area contributed by atoms with Crippen LogP contribution < -0.4 is 4.74 Å². The summed E-state index contributed by atoms with van der Waals surface area (Å²) in [5.41, 5.74) is 0.403. The van der Waals surface area contributed by atoms with Crippen LogP contribution in [0.3, 0.4) is 0 Å². The van der Waals surface area contributed by atoms with Gasteiger partial charge in [-0.2, -0.15) is 5.26 Å². The fourth-order valence-electron chi connectivity index (χ4n) is 2.13. The highest BCUT2D eigenvalue weighted by Gasteiger charge is 2.39. The van der Waals surface area contributed by atoms with E-state index in [1.54, 1.807) is 38.1 Å². The van der Waals surface area contributed by atoms with Crippen molar-refractivity contribution in [2.24, 2.45) is 0 Å². The second kappa shape index (κ2) is 5.33. The van der Waals surface area contributed by atoms with Gasteiger partial charge in [0, 0.05) is 5.57 Å². The van der Waals surface area contributed by atoms with Gasteiger partial charge in [-0.15, -0.1) is 0 Å². The predicted octanol–water partition coefficient (Wildman–Crippen LogP) is 2.57. The lowest BCUT2D eigenvalue weighted by atomic mass is 9.95. The highest BCUT2D eigenvalue weighted by molar-refractivity contribution is 5.98. The van der Waals surface area contributed by atoms with Crippen LogP contribution in [0.1, 0.15) is 19.4 Å². The minimum Gasteiger partial charge on any atom is -0.504 e. The van der Waals surface area contributed by atoms with Crippen LogP contribution in [-0.2, 0) is 9.53 Å². The van der Waals surface area contributed by atoms with E-state index in [9.17, 15) is 9.90 Å². The molecule has 0 amide bonds. The number of ether oxygens (including phenoxy) is 2. The van der Waals surface area contributed by atoms with Crippen LogP contribution in [0.25, 0.3) is 6.08 Å². The first-order valence-electron chi connectivity index (χ1n) is 6.32. The summed E-state index contributed by atoms with van der Waals surface area (Å²) in [5.74, 6) is -0.212. The van der Waals surface area contributed by atoms with E-state index in [0.717, 1.165) is 0 Å². The van der Waals surface area contributed by atoms with E-state index in [1.807, 2.05) is 6.07 Å². The Kier molecular flexibility index (Phi) is 3.72. The fraction of sp³-hybridized carbons (Fsp3) is 0.250. The quantitative estimate of drug-likeness (QED) is 0.863. The Bertz CT molecular complexity index is 693. The molecule has 2 rings (SSSR count). The SMILES string of the molecule is COc1ccc(/C=C/C2=C(C#N)C(=O)OC2(C)C)cc1O. The van der Waals surface area contributed by atoms with Crippen molar-refractivity contribution in [3.8, 4) is 17.6 Å². The van der Waals surface area contributed by atoms with E-state index >= 15 is 0 Å². The van der Waals surface area contributed by atoms with Gasteiger partial charge in [0.15, 0.2) is 11.5 Å². The standard InChI is InChI=1S/C16H15NO4/c1-16(2)12(11(9-17)15(19)21-16)6-4-10-5-7-14(20-3)13(18)8-10/h4-8,18H,1-3H3/b6-4+. The lowest BCUT2D eigenvalue weighted by Crippen LogP contribution is -2.22. The molecule has 0 aliphatic carbocycles. The molecule has 0 saturated carbocycles. The summed E-state index contributed by atoms with van der Waals surface area (Å²) in [6, 6.07) is 6.80. The number of esters is 1. The van der Waals surface area contributed by atoms with Crippen molar-refractivity contribution < 1.29 is 19.4 Å². The topological polar surface area (TPSA) is 79.5 Å². The van der Waals surface area contributed by atoms with Gasteiger partial charge in [-0.3, -0.25) is 0 Å². The molecule has 5 heteroatoms. The number of hydrogen-bond donors (Lipinski definition) is 1. The third-order valence-electron chi connectivity index (χ3n) is 3.23. The molecule has 0 spiro atoms. The summed E-state index contributed by atoms with van der Waals surface area (Å²) in [6.45, 7) is 3.45. The van der Waals surface area contributed by atoms with Gasteiger partial charge in [0.1, 0.15) is 17.2 Å². The number of carbonyl (C=O) groups excluding carboxylic acids is 1. The molecule has 1 aliphatic rings. The summed E-state index contributed by atoms with van der Waals surface area (Å²) in [5, 5.41) is 18.8.